The van der Waals surface area contributed by atoms with Gasteiger partial charge in [-0.1, -0.05) is 6.42 Å². The largest absolute Gasteiger partial charge is 0.550 e. The zero-order chi connectivity index (χ0) is 35.0. The van der Waals surface area contributed by atoms with E-state index in [9.17, 15) is 14.7 Å². The van der Waals surface area contributed by atoms with Crippen LogP contribution in [0.1, 0.15) is 45.4 Å². The molecule has 2 aromatic carbocycles. The van der Waals surface area contributed by atoms with Crippen molar-refractivity contribution < 1.29 is 23.8 Å². The minimum absolute atomic E-state index is 0.00909. The average molecular weight is 658 g/mol. The number of amides is 1. The fourth-order valence-electron chi connectivity index (χ4n) is 6.01. The van der Waals surface area contributed by atoms with Crippen LogP contribution in [0, 0.1) is 0 Å². The second kappa shape index (κ2) is 16.4. The predicted molar refractivity (Wildman–Crippen MR) is 194 cm³/mol. The molecule has 0 saturated carbocycles. The third kappa shape index (κ3) is 8.59. The smallest absolute Gasteiger partial charge is 0.220 e. The van der Waals surface area contributed by atoms with E-state index >= 15 is 0 Å². The number of benzene rings is 3. The molecule has 0 aromatic heterocycles. The van der Waals surface area contributed by atoms with Crippen LogP contribution in [-0.4, -0.2) is 80.9 Å². The summed E-state index contributed by atoms with van der Waals surface area (Å²) in [6.07, 6.45) is 3.25. The van der Waals surface area contributed by atoms with E-state index in [1.165, 1.54) is 0 Å². The highest BCUT2D eigenvalue weighted by Gasteiger charge is 2.24. The molecule has 1 heterocycles. The number of hydrogen-bond acceptors (Lipinski definition) is 8. The number of anilines is 3. The molecule has 0 unspecified atom stereocenters. The van der Waals surface area contributed by atoms with Gasteiger partial charge in [-0.05, 0) is 56.9 Å². The molecule has 10 heteroatoms. The van der Waals surface area contributed by atoms with Gasteiger partial charge in [-0.25, -0.2) is 4.58 Å². The summed E-state index contributed by atoms with van der Waals surface area (Å²) in [5.41, 5.74) is 6.95. The van der Waals surface area contributed by atoms with E-state index in [0.717, 1.165) is 81.0 Å². The molecule has 0 bridgehead atoms. The molecule has 258 valence electrons. The Morgan fingerprint density at radius 3 is 2.29 bits per heavy atom. The third-order valence-electron chi connectivity index (χ3n) is 8.70. The molecule has 1 aliphatic heterocycles. The fraction of sp³-hybridized carbons (Fsp3) is 0.447. The van der Waals surface area contributed by atoms with Crippen LogP contribution in [0.25, 0.3) is 33.4 Å². The lowest BCUT2D eigenvalue weighted by Gasteiger charge is -2.30. The summed E-state index contributed by atoms with van der Waals surface area (Å²) in [4.78, 5) is 29.6. The molecule has 48 heavy (non-hydrogen) atoms. The molecule has 4 rings (SSSR count). The predicted octanol–water partition coefficient (Wildman–Crippen LogP) is 4.41. The van der Waals surface area contributed by atoms with E-state index in [-0.39, 0.29) is 12.3 Å². The minimum Gasteiger partial charge on any atom is -0.550 e. The van der Waals surface area contributed by atoms with E-state index in [2.05, 4.69) is 80.0 Å². The van der Waals surface area contributed by atoms with Crippen LogP contribution < -0.4 is 39.8 Å². The van der Waals surface area contributed by atoms with Crippen molar-refractivity contribution in [2.75, 3.05) is 83.7 Å². The van der Waals surface area contributed by atoms with Crippen molar-refractivity contribution in [3.05, 3.63) is 53.9 Å². The maximum absolute atomic E-state index is 12.5. The Morgan fingerprint density at radius 2 is 1.65 bits per heavy atom. The van der Waals surface area contributed by atoms with E-state index in [0.29, 0.717) is 32.4 Å². The number of aliphatic carboxylic acids is 1. The first-order valence-electron chi connectivity index (χ1n) is 16.7. The van der Waals surface area contributed by atoms with Crippen LogP contribution in [0.15, 0.2) is 52.9 Å². The summed E-state index contributed by atoms with van der Waals surface area (Å²) in [6, 6.07) is 17.0. The number of unbranched alkanes of at least 4 members (excludes halogenated alkanes) is 2. The number of carboxylic acid groups (broad SMARTS) is 1. The number of nitrogens with zero attached hydrogens (tertiary/aromatic N) is 4. The Bertz CT molecular complexity index is 1770. The fourth-order valence-corrected chi connectivity index (χ4v) is 6.01. The van der Waals surface area contributed by atoms with E-state index in [1.54, 1.807) is 7.11 Å². The lowest BCUT2D eigenvalue weighted by Crippen LogP contribution is -2.29. The van der Waals surface area contributed by atoms with E-state index in [1.807, 2.05) is 42.3 Å². The molecule has 0 radical (unpaired) electrons. The molecule has 0 saturated heterocycles. The normalized spacial score (nSPS) is 11.1. The number of fused-ring (bicyclic) bond motifs is 2. The monoisotopic (exact) mass is 657 g/mol. The Balaban J connectivity index is 1.69. The highest BCUT2D eigenvalue weighted by molar-refractivity contribution is 6.05. The van der Waals surface area contributed by atoms with Gasteiger partial charge in [0.1, 0.15) is 31.2 Å². The number of methoxy groups -OCH3 is 1. The van der Waals surface area contributed by atoms with Gasteiger partial charge < -0.3 is 39.1 Å². The van der Waals surface area contributed by atoms with Crippen LogP contribution in [0.4, 0.5) is 17.1 Å². The topological polar surface area (TPSA) is 104 Å². The number of rotatable bonds is 16. The van der Waals surface area contributed by atoms with Crippen LogP contribution >= 0.6 is 0 Å². The van der Waals surface area contributed by atoms with Gasteiger partial charge in [0.05, 0.1) is 24.6 Å². The van der Waals surface area contributed by atoms with Crippen LogP contribution in [0.3, 0.4) is 0 Å². The van der Waals surface area contributed by atoms with Crippen LogP contribution in [-0.2, 0) is 9.59 Å². The van der Waals surface area contributed by atoms with Gasteiger partial charge in [-0.3, -0.25) is 4.79 Å². The number of hydrogen-bond donors (Lipinski definition) is 1. The molecule has 0 fully saturated rings. The first kappa shape index (κ1) is 36.1. The number of carbonyl (C=O) groups excluding carboxylic acids is 2. The maximum Gasteiger partial charge on any atom is 0.220 e. The van der Waals surface area contributed by atoms with Gasteiger partial charge in [0.15, 0.2) is 0 Å². The van der Waals surface area contributed by atoms with Crippen molar-refractivity contribution in [3.63, 3.8) is 0 Å². The second-order valence-electron chi connectivity index (χ2n) is 12.8. The standard InChI is InChI=1S/C38H51N5O5/c1-9-43(21-13-14-36(44)39-20-12-10-11-15-37(45)46)32-25-33(47-8)30(24-31(32)42(6)7)38-28-18-16-26(40(2)3)22-34(28)48-35-23-27(41(4)5)17-19-29(35)38/h16-19,22-25H,9-15,20-21H2,1-8H3,(H-,39,44,45,46). The van der Waals surface area contributed by atoms with Crippen molar-refractivity contribution in [1.29, 1.82) is 0 Å². The van der Waals surface area contributed by atoms with Crippen LogP contribution in [0.2, 0.25) is 0 Å². The number of carbonyl (C=O) groups is 2. The SMILES string of the molecule is CCN(CCCC(=O)NCCCCCC(=O)[O-])c1cc(OC)c(-c2c3ccc(=[N+](C)C)cc-3oc3cc(N(C)C)ccc23)cc1N(C)C. The summed E-state index contributed by atoms with van der Waals surface area (Å²) >= 11 is 0. The number of ether oxygens (including phenoxy) is 1. The molecule has 1 aliphatic carbocycles. The highest BCUT2D eigenvalue weighted by atomic mass is 16.5. The summed E-state index contributed by atoms with van der Waals surface area (Å²) < 4.78 is 14.8. The van der Waals surface area contributed by atoms with Gasteiger partial charge in [-0.15, -0.1) is 0 Å². The van der Waals surface area contributed by atoms with Crippen molar-refractivity contribution in [2.24, 2.45) is 0 Å². The quantitative estimate of drug-likeness (QED) is 0.107. The summed E-state index contributed by atoms with van der Waals surface area (Å²) in [5, 5.41) is 15.6. The van der Waals surface area contributed by atoms with Crippen molar-refractivity contribution >= 4 is 39.9 Å². The summed E-state index contributed by atoms with van der Waals surface area (Å²) in [7, 11) is 13.9. The molecular weight excluding hydrogens is 606 g/mol. The zero-order valence-electron chi connectivity index (χ0n) is 29.8. The van der Waals surface area contributed by atoms with Crippen molar-refractivity contribution in [2.45, 2.75) is 45.4 Å². The van der Waals surface area contributed by atoms with Gasteiger partial charge >= 0.3 is 0 Å². The Labute approximate surface area is 284 Å². The first-order chi connectivity index (χ1) is 22.9. The number of nitrogens with one attached hydrogen (secondary N) is 1. The zero-order valence-corrected chi connectivity index (χ0v) is 29.8. The third-order valence-corrected chi connectivity index (χ3v) is 8.70. The minimum atomic E-state index is -1.03. The molecule has 1 N–H and O–H groups in total. The molecule has 10 nitrogen and oxygen atoms in total. The Hall–Kier alpha value is -4.73. The van der Waals surface area contributed by atoms with Gasteiger partial charge in [0.25, 0.3) is 0 Å². The molecule has 2 aromatic rings. The van der Waals surface area contributed by atoms with E-state index < -0.39 is 5.97 Å². The molecule has 2 aliphatic rings. The molecule has 1 amide bonds. The second-order valence-corrected chi connectivity index (χ2v) is 12.8. The maximum atomic E-state index is 12.5. The Kier molecular flexibility index (Phi) is 12.3. The molecular formula is C38H51N5O5. The number of carboxylic acids is 1. The first-order valence-corrected chi connectivity index (χ1v) is 16.7. The van der Waals surface area contributed by atoms with Crippen molar-refractivity contribution in [3.8, 4) is 28.2 Å². The Morgan fingerprint density at radius 1 is 0.875 bits per heavy atom. The highest BCUT2D eigenvalue weighted by Crippen LogP contribution is 2.47. The van der Waals surface area contributed by atoms with Gasteiger partial charge in [0, 0.05) is 106 Å². The lowest BCUT2D eigenvalue weighted by molar-refractivity contribution is -0.305. The van der Waals surface area contributed by atoms with E-state index in [4.69, 9.17) is 9.15 Å². The molecule has 0 spiro atoms. The average Bonchev–Trinajstić information content (AvgIpc) is 3.05. The lowest BCUT2D eigenvalue weighted by atomic mass is 9.92. The van der Waals surface area contributed by atoms with Gasteiger partial charge in [-0.2, -0.15) is 0 Å². The van der Waals surface area contributed by atoms with Crippen LogP contribution in [0.5, 0.6) is 5.75 Å². The van der Waals surface area contributed by atoms with Gasteiger partial charge in [0.2, 0.25) is 11.3 Å². The van der Waals surface area contributed by atoms with Crippen molar-refractivity contribution in [1.82, 2.24) is 9.89 Å². The molecule has 0 atom stereocenters. The summed E-state index contributed by atoms with van der Waals surface area (Å²) in [6.45, 7) is 4.14. The summed E-state index contributed by atoms with van der Waals surface area (Å²) in [5.74, 6) is 0.533.